The number of hydrogen-bond donors (Lipinski definition) is 14. The van der Waals surface area contributed by atoms with E-state index in [4.69, 9.17) is 51.7 Å². The molecule has 0 aromatic rings. The lowest BCUT2D eigenvalue weighted by molar-refractivity contribution is -0.282. The second kappa shape index (κ2) is 40.7. The van der Waals surface area contributed by atoms with Gasteiger partial charge in [0.1, 0.15) is 42.4 Å². The molecule has 0 radical (unpaired) electrons. The number of rotatable bonds is 44. The van der Waals surface area contributed by atoms with Crippen molar-refractivity contribution in [2.75, 3.05) is 112 Å². The quantitative estimate of drug-likeness (QED) is 0.0216. The molecule has 0 aliphatic carbocycles. The molecule has 32 heteroatoms. The van der Waals surface area contributed by atoms with Crippen molar-refractivity contribution in [3.8, 4) is 0 Å². The largest absolute Gasteiger partial charge is 0.472 e. The molecule has 3 fully saturated rings. The van der Waals surface area contributed by atoms with Crippen LogP contribution in [-0.4, -0.2) is 272 Å². The van der Waals surface area contributed by atoms with Crippen LogP contribution in [-0.2, 0) is 80.2 Å². The molecule has 7 unspecified atom stereocenters. The van der Waals surface area contributed by atoms with Crippen LogP contribution in [0.15, 0.2) is 0 Å². The van der Waals surface area contributed by atoms with Crippen LogP contribution in [0.3, 0.4) is 0 Å². The van der Waals surface area contributed by atoms with Crippen LogP contribution in [0.5, 0.6) is 0 Å². The highest BCUT2D eigenvalue weighted by molar-refractivity contribution is 7.47. The predicted octanol–water partition coefficient (Wildman–Crippen LogP) is -2.84. The van der Waals surface area contributed by atoms with Gasteiger partial charge >= 0.3 is 7.82 Å². The Morgan fingerprint density at radius 2 is 0.805 bits per heavy atom. The molecule has 0 spiro atoms. The van der Waals surface area contributed by atoms with Gasteiger partial charge in [-0.1, -0.05) is 20.8 Å². The van der Waals surface area contributed by atoms with E-state index >= 15 is 0 Å². The van der Waals surface area contributed by atoms with Gasteiger partial charge in [0.2, 0.25) is 23.6 Å². The molecule has 14 N–H and O–H groups in total. The fraction of sp³-hybridized carbons (Fsp3) is 0.909. The Balaban J connectivity index is 1.64. The first-order valence-electron chi connectivity index (χ1n) is 29.9. The molecule has 87 heavy (non-hydrogen) atoms. The van der Waals surface area contributed by atoms with Crippen LogP contribution >= 0.6 is 7.82 Å². The predicted molar refractivity (Wildman–Crippen MR) is 303 cm³/mol. The van der Waals surface area contributed by atoms with Crippen molar-refractivity contribution in [2.45, 2.75) is 185 Å². The maximum Gasteiger partial charge on any atom is 0.472 e. The van der Waals surface area contributed by atoms with Gasteiger partial charge in [0, 0.05) is 87.9 Å². The molecule has 31 nitrogen and oxygen atoms in total. The lowest BCUT2D eigenvalue weighted by Crippen LogP contribution is -2.55. The maximum absolute atomic E-state index is 13.9. The summed E-state index contributed by atoms with van der Waals surface area (Å²) in [7, 11) is -4.32. The number of phosphoric ester groups is 1. The van der Waals surface area contributed by atoms with Crippen LogP contribution in [0.25, 0.3) is 0 Å². The Bertz CT molecular complexity index is 1980. The average Bonchev–Trinajstić information content (AvgIpc) is 3.05. The number of ketones is 1. The van der Waals surface area contributed by atoms with Crippen molar-refractivity contribution in [3.05, 3.63) is 0 Å². The fourth-order valence-corrected chi connectivity index (χ4v) is 10.5. The number of carbonyl (C=O) groups is 5. The molecule has 16 atom stereocenters. The van der Waals surface area contributed by atoms with E-state index in [0.29, 0.717) is 12.8 Å². The van der Waals surface area contributed by atoms with Crippen LogP contribution < -0.4 is 21.3 Å². The summed E-state index contributed by atoms with van der Waals surface area (Å²) in [4.78, 5) is 75.4. The second-order valence-corrected chi connectivity index (χ2v) is 24.6. The summed E-state index contributed by atoms with van der Waals surface area (Å²) in [5.74, 6) is -3.74. The molecule has 3 aliphatic rings. The first-order valence-corrected chi connectivity index (χ1v) is 31.4. The van der Waals surface area contributed by atoms with E-state index in [0.717, 1.165) is 0 Å². The zero-order valence-corrected chi connectivity index (χ0v) is 52.0. The van der Waals surface area contributed by atoms with E-state index < -0.39 is 136 Å². The molecule has 0 aromatic carbocycles. The van der Waals surface area contributed by atoms with Crippen LogP contribution in [0, 0.1) is 23.2 Å². The van der Waals surface area contributed by atoms with Gasteiger partial charge in [0.05, 0.1) is 110 Å². The number of hydrogen-bond acceptors (Lipinski definition) is 26. The summed E-state index contributed by atoms with van der Waals surface area (Å²) < 4.78 is 74.2. The standard InChI is InChI=1S/C55H101N4O27P/c1-34-45(68)48(71)38(28-60)83-51(34)79-20-8-16-57-42(65)13-23-76-31-55(27-37(63)11-7-12-41(64)56-18-10-22-82-87(74,75)86-54(4,5)6,33-78-25-15-44(67)59-19-26-81-53-36(3)47(70)50(73)40(30-62)85-53)32-77-24-14-43(66)58-17-9-21-80-52-35(2)46(69)49(72)39(29-61)84-52/h34-36,38-40,45-53,60-62,68-73H,7-33H2,1-6H3,(H,56,64)(H,57,65)(H,58,66)(H,59,67)(H,74,75)/t34?,35?,36?,38?,39?,40?,45-,46-,47-,48+,49+,50+,51-,52-,53-,55?/m1/s1. The van der Waals surface area contributed by atoms with Gasteiger partial charge in [-0.05, 0) is 46.5 Å². The van der Waals surface area contributed by atoms with Crippen molar-refractivity contribution < 1.29 is 131 Å². The van der Waals surface area contributed by atoms with E-state index in [1.54, 1.807) is 41.5 Å². The molecular formula is C55H101N4O27P. The van der Waals surface area contributed by atoms with E-state index in [1.165, 1.54) is 0 Å². The smallest absolute Gasteiger partial charge is 0.394 e. The number of amides is 4. The molecule has 3 heterocycles. The normalized spacial score (nSPS) is 29.1. The molecule has 3 saturated heterocycles. The summed E-state index contributed by atoms with van der Waals surface area (Å²) in [6, 6.07) is 0. The summed E-state index contributed by atoms with van der Waals surface area (Å²) in [6.07, 6.45) is -13.0. The molecule has 0 saturated carbocycles. The van der Waals surface area contributed by atoms with Gasteiger partial charge in [0.15, 0.2) is 18.9 Å². The minimum atomic E-state index is -4.32. The van der Waals surface area contributed by atoms with Crippen molar-refractivity contribution >= 4 is 37.2 Å². The molecule has 3 rings (SSSR count). The van der Waals surface area contributed by atoms with E-state index in [2.05, 4.69) is 21.3 Å². The first-order chi connectivity index (χ1) is 41.2. The highest BCUT2D eigenvalue weighted by Gasteiger charge is 2.45. The number of aliphatic hydroxyl groups is 9. The molecule has 508 valence electrons. The van der Waals surface area contributed by atoms with Gasteiger partial charge in [-0.25, -0.2) is 4.57 Å². The lowest BCUT2D eigenvalue weighted by Gasteiger charge is -2.40. The molecule has 0 bridgehead atoms. The van der Waals surface area contributed by atoms with Crippen molar-refractivity contribution in [1.82, 2.24) is 21.3 Å². The van der Waals surface area contributed by atoms with E-state index in [9.17, 15) is 79.4 Å². The minimum absolute atomic E-state index is 0.0255. The highest BCUT2D eigenvalue weighted by Crippen LogP contribution is 2.47. The Morgan fingerprint density at radius 1 is 0.460 bits per heavy atom. The van der Waals surface area contributed by atoms with Gasteiger partial charge in [0.25, 0.3) is 0 Å². The van der Waals surface area contributed by atoms with Gasteiger partial charge < -0.3 is 115 Å². The first kappa shape index (κ1) is 78.2. The van der Waals surface area contributed by atoms with E-state index in [1.807, 2.05) is 0 Å². The second-order valence-electron chi connectivity index (χ2n) is 23.3. The lowest BCUT2D eigenvalue weighted by atomic mass is 9.84. The summed E-state index contributed by atoms with van der Waals surface area (Å²) in [5, 5.41) is 101. The number of aliphatic hydroxyl groups excluding tert-OH is 9. The average molecular weight is 1280 g/mol. The summed E-state index contributed by atoms with van der Waals surface area (Å²) in [5.41, 5.74) is -2.20. The SMILES string of the molecule is CC1[C@H](OCCCNC(=O)CCOCC(COCCC(=O)NCCCO[C@@H]2OC(CO)[C@H](O)[C@H](O)C2C)(COCCC(=O)NCCO[C@@H]2OC(CO)[C@H](O)[C@H](O)C2C)CC(=O)CCCC(=O)NCCCOP(=O)(O)OC(C)(C)C)OC(CO)[C@H](O)[C@@H]1O. The van der Waals surface area contributed by atoms with E-state index in [-0.39, 0.29) is 167 Å². The number of carbonyl (C=O) groups excluding carboxylic acids is 5. The third-order valence-corrected chi connectivity index (χ3v) is 15.8. The number of Topliss-reactive ketones (excluding diaryl/α,β-unsaturated/α-hetero) is 1. The number of phosphoric acid groups is 1. The van der Waals surface area contributed by atoms with Gasteiger partial charge in [-0.15, -0.1) is 0 Å². The molecule has 3 aliphatic heterocycles. The Kier molecular flexibility index (Phi) is 36.6. The highest BCUT2D eigenvalue weighted by atomic mass is 31.2. The summed E-state index contributed by atoms with van der Waals surface area (Å²) in [6.45, 7) is 7.54. The summed E-state index contributed by atoms with van der Waals surface area (Å²) >= 11 is 0. The Hall–Kier alpha value is -3.06. The Labute approximate surface area is 508 Å². The minimum Gasteiger partial charge on any atom is -0.394 e. The third-order valence-electron chi connectivity index (χ3n) is 14.5. The molecular weight excluding hydrogens is 1180 g/mol. The van der Waals surface area contributed by atoms with Crippen molar-refractivity contribution in [1.29, 1.82) is 0 Å². The monoisotopic (exact) mass is 1280 g/mol. The number of ether oxygens (including phenoxy) is 9. The van der Waals surface area contributed by atoms with Gasteiger partial charge in [-0.3, -0.25) is 33.0 Å². The van der Waals surface area contributed by atoms with Crippen LogP contribution in [0.4, 0.5) is 0 Å². The third kappa shape index (κ3) is 29.4. The molecule has 4 amide bonds. The fourth-order valence-electron chi connectivity index (χ4n) is 9.39. The topological polar surface area (TPSA) is 454 Å². The Morgan fingerprint density at radius 3 is 1.17 bits per heavy atom. The van der Waals surface area contributed by atoms with Crippen molar-refractivity contribution in [2.24, 2.45) is 23.2 Å². The van der Waals surface area contributed by atoms with Gasteiger partial charge in [-0.2, -0.15) is 0 Å². The van der Waals surface area contributed by atoms with Crippen LogP contribution in [0.1, 0.15) is 106 Å². The number of nitrogens with one attached hydrogen (secondary N) is 4. The molecule has 0 aromatic heterocycles. The van der Waals surface area contributed by atoms with Crippen LogP contribution in [0.2, 0.25) is 0 Å². The zero-order chi connectivity index (χ0) is 64.7. The zero-order valence-electron chi connectivity index (χ0n) is 51.1. The maximum atomic E-state index is 13.9. The van der Waals surface area contributed by atoms with Crippen molar-refractivity contribution in [3.63, 3.8) is 0 Å².